The monoisotopic (exact) mass is 293 g/mol. The van der Waals surface area contributed by atoms with Crippen LogP contribution in [0.25, 0.3) is 0 Å². The molecule has 18 heavy (non-hydrogen) atoms. The average molecular weight is 293 g/mol. The Labute approximate surface area is 115 Å². The minimum atomic E-state index is -2.66. The molecule has 0 bridgehead atoms. The molecular weight excluding hydrogens is 262 g/mol. The van der Waals surface area contributed by atoms with Crippen molar-refractivity contribution in [3.05, 3.63) is 0 Å². The number of rotatable bonds is 2. The van der Waals surface area contributed by atoms with Crippen molar-refractivity contribution in [2.75, 3.05) is 6.66 Å². The van der Waals surface area contributed by atoms with Gasteiger partial charge < -0.3 is 4.57 Å². The lowest BCUT2D eigenvalue weighted by Gasteiger charge is -2.50. The fraction of sp³-hybridized carbons (Fsp3) is 1.00. The third-order valence-corrected chi connectivity index (χ3v) is 12.8. The van der Waals surface area contributed by atoms with Gasteiger partial charge in [-0.1, -0.05) is 66.9 Å². The van der Waals surface area contributed by atoms with Crippen LogP contribution in [0.5, 0.6) is 0 Å². The predicted molar refractivity (Wildman–Crippen MR) is 83.9 cm³/mol. The average Bonchev–Trinajstić information content (AvgIpc) is 1.96. The maximum absolute atomic E-state index is 13.6. The van der Waals surface area contributed by atoms with Crippen LogP contribution in [0.15, 0.2) is 0 Å². The summed E-state index contributed by atoms with van der Waals surface area (Å²) in [5.74, 6) is 0. The molecule has 0 N–H and O–H groups in total. The lowest BCUT2D eigenvalue weighted by atomic mass is 9.76. The van der Waals surface area contributed by atoms with Gasteiger partial charge in [0, 0.05) is 16.0 Å². The molecule has 1 unspecified atom stereocenters. The summed E-state index contributed by atoms with van der Waals surface area (Å²) in [6.07, 6.45) is 0. The molecular formula is C14H31O2P2+. The van der Waals surface area contributed by atoms with Gasteiger partial charge in [-0.2, -0.15) is 0 Å². The third kappa shape index (κ3) is 2.48. The Morgan fingerprint density at radius 2 is 1.06 bits per heavy atom. The molecule has 0 saturated carbocycles. The van der Waals surface area contributed by atoms with Gasteiger partial charge in [0.05, 0.1) is 0 Å². The standard InChI is InChI=1S/C14H30O2P2/c1-11(2,3)14(17-15,12(4,5)6)18(10,16)13(7,8)9/h1-10H3/p+1/t18-/m1/s1. The van der Waals surface area contributed by atoms with Crippen molar-refractivity contribution < 1.29 is 9.13 Å². The van der Waals surface area contributed by atoms with Crippen molar-refractivity contribution in [3.63, 3.8) is 0 Å². The van der Waals surface area contributed by atoms with Gasteiger partial charge in [0.15, 0.2) is 0 Å². The van der Waals surface area contributed by atoms with Crippen LogP contribution in [0.1, 0.15) is 62.3 Å². The molecule has 0 heterocycles. The molecule has 0 fully saturated rings. The van der Waals surface area contributed by atoms with Crippen molar-refractivity contribution in [1.29, 1.82) is 0 Å². The van der Waals surface area contributed by atoms with Crippen LogP contribution in [0.3, 0.4) is 0 Å². The van der Waals surface area contributed by atoms with E-state index < -0.39 is 20.5 Å². The van der Waals surface area contributed by atoms with E-state index in [4.69, 9.17) is 0 Å². The molecule has 0 aliphatic rings. The van der Waals surface area contributed by atoms with Crippen LogP contribution in [0, 0.1) is 10.8 Å². The maximum atomic E-state index is 13.6. The molecule has 0 amide bonds. The first kappa shape index (κ1) is 18.3. The molecule has 2 atom stereocenters. The fourth-order valence-electron chi connectivity index (χ4n) is 3.30. The van der Waals surface area contributed by atoms with Crippen LogP contribution in [0.2, 0.25) is 0 Å². The molecule has 0 aliphatic carbocycles. The Bertz CT molecular complexity index is 351. The Kier molecular flexibility index (Phi) is 4.79. The molecule has 108 valence electrons. The summed E-state index contributed by atoms with van der Waals surface area (Å²) < 4.78 is 25.8. The van der Waals surface area contributed by atoms with Crippen LogP contribution in [0.4, 0.5) is 0 Å². The van der Waals surface area contributed by atoms with E-state index in [2.05, 4.69) is 41.5 Å². The highest BCUT2D eigenvalue weighted by Crippen LogP contribution is 2.78. The number of hydrogen-bond donors (Lipinski definition) is 0. The summed E-state index contributed by atoms with van der Waals surface area (Å²) in [7, 11) is -3.23. The molecule has 0 radical (unpaired) electrons. The van der Waals surface area contributed by atoms with Gasteiger partial charge in [0.2, 0.25) is 4.90 Å². The summed E-state index contributed by atoms with van der Waals surface area (Å²) in [5, 5.41) is -0.342. The fourth-order valence-corrected chi connectivity index (χ4v) is 9.18. The Hall–Kier alpha value is 0.330. The van der Waals surface area contributed by atoms with Gasteiger partial charge in [-0.15, -0.1) is 0 Å². The molecule has 2 nitrogen and oxygen atoms in total. The van der Waals surface area contributed by atoms with Gasteiger partial charge in [-0.3, -0.25) is 0 Å². The van der Waals surface area contributed by atoms with Gasteiger partial charge in [0.1, 0.15) is 7.14 Å². The topological polar surface area (TPSA) is 34.1 Å². The smallest absolute Gasteiger partial charge is 0.318 e. The van der Waals surface area contributed by atoms with E-state index in [0.717, 1.165) is 0 Å². The van der Waals surface area contributed by atoms with Crippen molar-refractivity contribution in [2.45, 2.75) is 72.4 Å². The first-order valence-corrected chi connectivity index (χ1v) is 9.59. The van der Waals surface area contributed by atoms with E-state index in [0.29, 0.717) is 0 Å². The normalized spacial score (nSPS) is 18.8. The zero-order chi connectivity index (χ0) is 15.2. The first-order chi connectivity index (χ1) is 7.56. The first-order valence-electron chi connectivity index (χ1n) is 6.53. The second kappa shape index (κ2) is 4.71. The minimum absolute atomic E-state index is 0.275. The lowest BCUT2D eigenvalue weighted by Crippen LogP contribution is -2.51. The summed E-state index contributed by atoms with van der Waals surface area (Å²) in [6, 6.07) is 0. The largest absolute Gasteiger partial charge is 0.339 e. The van der Waals surface area contributed by atoms with Gasteiger partial charge in [0.25, 0.3) is 0 Å². The third-order valence-electron chi connectivity index (χ3n) is 4.24. The van der Waals surface area contributed by atoms with Crippen LogP contribution in [-0.4, -0.2) is 16.7 Å². The van der Waals surface area contributed by atoms with Crippen molar-refractivity contribution in [1.82, 2.24) is 0 Å². The van der Waals surface area contributed by atoms with E-state index in [1.54, 1.807) is 0 Å². The van der Waals surface area contributed by atoms with Crippen molar-refractivity contribution in [2.24, 2.45) is 10.8 Å². The van der Waals surface area contributed by atoms with Gasteiger partial charge >= 0.3 is 8.46 Å². The Balaban J connectivity index is 6.47. The summed E-state index contributed by atoms with van der Waals surface area (Å²) >= 11 is 0. The SMILES string of the molecule is CC(C)(C)C([PH+]=O)(C(C)(C)C)[P@](C)(=O)C(C)(C)C. The Morgan fingerprint density at radius 1 is 0.778 bits per heavy atom. The highest BCUT2D eigenvalue weighted by molar-refractivity contribution is 7.73. The van der Waals surface area contributed by atoms with E-state index in [9.17, 15) is 9.13 Å². The predicted octanol–water partition coefficient (Wildman–Crippen LogP) is 5.59. The molecule has 0 rings (SSSR count). The zero-order valence-corrected chi connectivity index (χ0v) is 15.7. The van der Waals surface area contributed by atoms with E-state index in [1.165, 1.54) is 0 Å². The second-order valence-corrected chi connectivity index (χ2v) is 13.6. The molecule has 0 aromatic rings. The quantitative estimate of drug-likeness (QED) is 0.622. The van der Waals surface area contributed by atoms with Gasteiger partial charge in [-0.25, -0.2) is 0 Å². The summed E-state index contributed by atoms with van der Waals surface area (Å²) in [4.78, 5) is -0.675. The molecule has 0 spiro atoms. The van der Waals surface area contributed by atoms with E-state index >= 15 is 0 Å². The lowest BCUT2D eigenvalue weighted by molar-refractivity contribution is 0.199. The van der Waals surface area contributed by atoms with Crippen LogP contribution < -0.4 is 0 Å². The van der Waals surface area contributed by atoms with E-state index in [-0.39, 0.29) is 16.0 Å². The minimum Gasteiger partial charge on any atom is -0.318 e. The van der Waals surface area contributed by atoms with Crippen molar-refractivity contribution in [3.8, 4) is 0 Å². The number of hydrogen-bond acceptors (Lipinski definition) is 2. The molecule has 0 saturated heterocycles. The molecule has 0 aromatic carbocycles. The van der Waals surface area contributed by atoms with Crippen LogP contribution >= 0.6 is 15.6 Å². The summed E-state index contributed by atoms with van der Waals surface area (Å²) in [5.41, 5.74) is -0.550. The zero-order valence-electron chi connectivity index (χ0n) is 13.8. The molecule has 0 aromatic heterocycles. The maximum Gasteiger partial charge on any atom is 0.339 e. The van der Waals surface area contributed by atoms with Gasteiger partial charge in [-0.05, 0) is 6.66 Å². The molecule has 0 aliphatic heterocycles. The van der Waals surface area contributed by atoms with Crippen LogP contribution in [-0.2, 0) is 9.13 Å². The Morgan fingerprint density at radius 3 is 1.11 bits per heavy atom. The van der Waals surface area contributed by atoms with E-state index in [1.807, 2.05) is 27.4 Å². The highest BCUT2D eigenvalue weighted by Gasteiger charge is 2.70. The summed E-state index contributed by atoms with van der Waals surface area (Å²) in [6.45, 7) is 20.2. The highest BCUT2D eigenvalue weighted by atomic mass is 31.2. The molecule has 4 heteroatoms. The second-order valence-electron chi connectivity index (χ2n) is 8.41. The van der Waals surface area contributed by atoms with Crippen molar-refractivity contribution >= 4 is 15.6 Å².